The van der Waals surface area contributed by atoms with Crippen molar-refractivity contribution in [3.63, 3.8) is 0 Å². The van der Waals surface area contributed by atoms with Gasteiger partial charge in [-0.25, -0.2) is 4.98 Å². The van der Waals surface area contributed by atoms with Gasteiger partial charge in [-0.05, 0) is 26.5 Å². The SMILES string of the molecule is Cc1sc2ncn(CCc3nc(C4CNCCN4C)no3)c(=O)c2c1C.Cl. The second-order valence-electron chi connectivity index (χ2n) is 6.70. The fraction of sp³-hybridized carbons (Fsp3) is 0.529. The summed E-state index contributed by atoms with van der Waals surface area (Å²) in [5.74, 6) is 1.24. The Hall–Kier alpha value is -1.81. The van der Waals surface area contributed by atoms with Crippen LogP contribution < -0.4 is 10.9 Å². The highest BCUT2D eigenvalue weighted by molar-refractivity contribution is 7.18. The highest BCUT2D eigenvalue weighted by atomic mass is 35.5. The maximum absolute atomic E-state index is 12.7. The van der Waals surface area contributed by atoms with Gasteiger partial charge in [0.05, 0.1) is 17.8 Å². The summed E-state index contributed by atoms with van der Waals surface area (Å²) >= 11 is 1.56. The van der Waals surface area contributed by atoms with Crippen molar-refractivity contribution in [3.8, 4) is 0 Å². The molecule has 4 rings (SSSR count). The van der Waals surface area contributed by atoms with E-state index >= 15 is 0 Å². The molecule has 0 aliphatic carbocycles. The van der Waals surface area contributed by atoms with Crippen LogP contribution in [0.3, 0.4) is 0 Å². The van der Waals surface area contributed by atoms with Gasteiger partial charge in [-0.2, -0.15) is 4.98 Å². The molecule has 1 atom stereocenters. The van der Waals surface area contributed by atoms with Crippen LogP contribution in [0.4, 0.5) is 0 Å². The number of aryl methyl sites for hydroxylation is 4. The van der Waals surface area contributed by atoms with Crippen molar-refractivity contribution in [1.29, 1.82) is 0 Å². The van der Waals surface area contributed by atoms with Crippen LogP contribution >= 0.6 is 23.7 Å². The van der Waals surface area contributed by atoms with Gasteiger partial charge in [0.25, 0.3) is 5.56 Å². The average Bonchev–Trinajstić information content (AvgIpc) is 3.20. The van der Waals surface area contributed by atoms with E-state index in [0.717, 1.165) is 40.3 Å². The standard InChI is InChI=1S/C17H22N6O2S.ClH/c1-10-11(2)26-16-14(10)17(24)23(9-19-16)6-4-13-20-15(21-25-13)12-8-18-5-7-22(12)3;/h9,12,18H,4-8H2,1-3H3;1H. The Kier molecular flexibility index (Phi) is 5.95. The molecule has 27 heavy (non-hydrogen) atoms. The monoisotopic (exact) mass is 410 g/mol. The van der Waals surface area contributed by atoms with Crippen molar-refractivity contribution in [1.82, 2.24) is 29.9 Å². The van der Waals surface area contributed by atoms with Crippen molar-refractivity contribution in [3.05, 3.63) is 38.8 Å². The predicted molar refractivity (Wildman–Crippen MR) is 107 cm³/mol. The molecule has 1 saturated heterocycles. The minimum absolute atomic E-state index is 0. The minimum atomic E-state index is -0.00666. The van der Waals surface area contributed by atoms with E-state index in [-0.39, 0.29) is 24.0 Å². The van der Waals surface area contributed by atoms with Crippen molar-refractivity contribution in [2.45, 2.75) is 32.9 Å². The van der Waals surface area contributed by atoms with E-state index in [4.69, 9.17) is 4.52 Å². The number of likely N-dealkylation sites (N-methyl/N-ethyl adjacent to an activating group) is 1. The Bertz CT molecular complexity index is 997. The molecule has 0 bridgehead atoms. The van der Waals surface area contributed by atoms with Crippen LogP contribution in [0, 0.1) is 13.8 Å². The number of rotatable bonds is 4. The van der Waals surface area contributed by atoms with Crippen LogP contribution in [-0.2, 0) is 13.0 Å². The van der Waals surface area contributed by atoms with Crippen molar-refractivity contribution >= 4 is 34.0 Å². The van der Waals surface area contributed by atoms with Gasteiger partial charge in [-0.15, -0.1) is 23.7 Å². The third-order valence-corrected chi connectivity index (χ3v) is 6.13. The molecule has 1 fully saturated rings. The lowest BCUT2D eigenvalue weighted by molar-refractivity contribution is 0.190. The maximum atomic E-state index is 12.7. The molecule has 1 unspecified atom stereocenters. The van der Waals surface area contributed by atoms with Gasteiger partial charge in [0.1, 0.15) is 4.83 Å². The van der Waals surface area contributed by atoms with Crippen molar-refractivity contribution in [2.75, 3.05) is 26.7 Å². The molecule has 1 aliphatic heterocycles. The Morgan fingerprint density at radius 3 is 3.00 bits per heavy atom. The number of hydrogen-bond donors (Lipinski definition) is 1. The molecule has 146 valence electrons. The van der Waals surface area contributed by atoms with E-state index in [2.05, 4.69) is 32.4 Å². The van der Waals surface area contributed by atoms with E-state index < -0.39 is 0 Å². The number of nitrogens with one attached hydrogen (secondary N) is 1. The fourth-order valence-corrected chi connectivity index (χ4v) is 4.23. The summed E-state index contributed by atoms with van der Waals surface area (Å²) in [6.45, 7) is 7.19. The maximum Gasteiger partial charge on any atom is 0.262 e. The zero-order valence-electron chi connectivity index (χ0n) is 15.6. The van der Waals surface area contributed by atoms with Crippen LogP contribution in [0.15, 0.2) is 15.6 Å². The summed E-state index contributed by atoms with van der Waals surface area (Å²) in [5.41, 5.74) is 1.01. The smallest absolute Gasteiger partial charge is 0.262 e. The molecule has 0 amide bonds. The zero-order valence-corrected chi connectivity index (χ0v) is 17.2. The minimum Gasteiger partial charge on any atom is -0.339 e. The number of aromatic nitrogens is 4. The van der Waals surface area contributed by atoms with Crippen LogP contribution in [-0.4, -0.2) is 51.3 Å². The zero-order chi connectivity index (χ0) is 18.3. The Labute approximate surface area is 167 Å². The molecule has 0 aromatic carbocycles. The van der Waals surface area contributed by atoms with Crippen LogP contribution in [0.2, 0.25) is 0 Å². The van der Waals surface area contributed by atoms with Crippen LogP contribution in [0.5, 0.6) is 0 Å². The number of halogens is 1. The molecule has 1 N–H and O–H groups in total. The lowest BCUT2D eigenvalue weighted by Gasteiger charge is -2.30. The Morgan fingerprint density at radius 2 is 2.22 bits per heavy atom. The highest BCUT2D eigenvalue weighted by Crippen LogP contribution is 2.25. The van der Waals surface area contributed by atoms with Gasteiger partial charge in [-0.3, -0.25) is 14.3 Å². The van der Waals surface area contributed by atoms with Crippen LogP contribution in [0.25, 0.3) is 10.2 Å². The second kappa shape index (κ2) is 8.05. The molecule has 3 aromatic rings. The average molecular weight is 411 g/mol. The number of fused-ring (bicyclic) bond motifs is 1. The summed E-state index contributed by atoms with van der Waals surface area (Å²) in [6.07, 6.45) is 2.11. The van der Waals surface area contributed by atoms with Gasteiger partial charge in [0.15, 0.2) is 5.82 Å². The van der Waals surface area contributed by atoms with E-state index in [1.807, 2.05) is 13.8 Å². The van der Waals surface area contributed by atoms with Gasteiger partial charge >= 0.3 is 0 Å². The van der Waals surface area contributed by atoms with Crippen molar-refractivity contribution in [2.24, 2.45) is 0 Å². The molecule has 8 nitrogen and oxygen atoms in total. The first-order valence-electron chi connectivity index (χ1n) is 8.73. The molecular weight excluding hydrogens is 388 g/mol. The van der Waals surface area contributed by atoms with E-state index in [1.54, 1.807) is 22.2 Å². The predicted octanol–water partition coefficient (Wildman–Crippen LogP) is 1.70. The largest absolute Gasteiger partial charge is 0.339 e. The first-order valence-corrected chi connectivity index (χ1v) is 9.55. The topological polar surface area (TPSA) is 89.1 Å². The Balaban J connectivity index is 0.00000210. The molecule has 3 aromatic heterocycles. The quantitative estimate of drug-likeness (QED) is 0.700. The number of nitrogens with zero attached hydrogens (tertiary/aromatic N) is 5. The van der Waals surface area contributed by atoms with Gasteiger partial charge in [-0.1, -0.05) is 5.16 Å². The third kappa shape index (κ3) is 3.77. The van der Waals surface area contributed by atoms with E-state index in [1.165, 1.54) is 0 Å². The lowest BCUT2D eigenvalue weighted by atomic mass is 10.2. The summed E-state index contributed by atoms with van der Waals surface area (Å²) in [4.78, 5) is 25.8. The summed E-state index contributed by atoms with van der Waals surface area (Å²) in [6, 6.07) is 0.124. The van der Waals surface area contributed by atoms with E-state index in [0.29, 0.717) is 24.7 Å². The van der Waals surface area contributed by atoms with E-state index in [9.17, 15) is 4.79 Å². The second-order valence-corrected chi connectivity index (χ2v) is 7.91. The van der Waals surface area contributed by atoms with Gasteiger partial charge in [0.2, 0.25) is 5.89 Å². The fourth-order valence-electron chi connectivity index (χ4n) is 3.24. The molecular formula is C17H23ClN6O2S. The first kappa shape index (κ1) is 19.9. The van der Waals surface area contributed by atoms with Gasteiger partial charge < -0.3 is 9.84 Å². The molecule has 1 aliphatic rings. The molecule has 0 saturated carbocycles. The summed E-state index contributed by atoms with van der Waals surface area (Å²) in [5, 5.41) is 8.19. The number of piperazine rings is 1. The lowest BCUT2D eigenvalue weighted by Crippen LogP contribution is -2.44. The summed E-state index contributed by atoms with van der Waals surface area (Å²) in [7, 11) is 2.06. The molecule has 0 radical (unpaired) electrons. The van der Waals surface area contributed by atoms with Crippen molar-refractivity contribution < 1.29 is 4.52 Å². The molecule has 4 heterocycles. The first-order chi connectivity index (χ1) is 12.5. The number of hydrogen-bond acceptors (Lipinski definition) is 8. The normalized spacial score (nSPS) is 18.0. The number of thiophene rings is 1. The highest BCUT2D eigenvalue weighted by Gasteiger charge is 2.25. The van der Waals surface area contributed by atoms with Crippen LogP contribution in [0.1, 0.15) is 28.2 Å². The third-order valence-electron chi connectivity index (χ3n) is 5.02. The summed E-state index contributed by atoms with van der Waals surface area (Å²) < 4.78 is 7.02. The van der Waals surface area contributed by atoms with Gasteiger partial charge in [0, 0.05) is 37.5 Å². The molecule has 0 spiro atoms. The Morgan fingerprint density at radius 1 is 1.41 bits per heavy atom. The molecule has 10 heteroatoms.